The summed E-state index contributed by atoms with van der Waals surface area (Å²) < 4.78 is 0. The van der Waals surface area contributed by atoms with Crippen LogP contribution in [0.1, 0.15) is 39.5 Å². The largest absolute Gasteiger partial charge is 0.302 e. The number of rotatable bonds is 5. The van der Waals surface area contributed by atoms with Crippen molar-refractivity contribution in [1.82, 2.24) is 14.9 Å². The normalized spacial score (nSPS) is 25.8. The molecule has 0 N–H and O–H groups in total. The summed E-state index contributed by atoms with van der Waals surface area (Å²) in [4.78, 5) is 25.4. The van der Waals surface area contributed by atoms with Crippen LogP contribution < -0.4 is 4.90 Å². The number of carbonyl (C=O) groups excluding carboxylic acids is 1. The molecule has 1 atom stereocenters. The Labute approximate surface area is 132 Å². The average Bonchev–Trinajstić information content (AvgIpc) is 2.58. The molecule has 2 aliphatic heterocycles. The first-order valence-corrected chi connectivity index (χ1v) is 8.50. The summed E-state index contributed by atoms with van der Waals surface area (Å²) in [6.07, 6.45) is 7.96. The van der Waals surface area contributed by atoms with E-state index in [1.54, 1.807) is 23.4 Å². The fraction of sp³-hybridized carbons (Fsp3) is 0.706. The molecule has 120 valence electrons. The van der Waals surface area contributed by atoms with E-state index in [-0.39, 0.29) is 11.3 Å². The molecule has 3 rings (SSSR count). The first-order chi connectivity index (χ1) is 10.7. The van der Waals surface area contributed by atoms with Gasteiger partial charge >= 0.3 is 0 Å². The Morgan fingerprint density at radius 1 is 1.23 bits per heavy atom. The molecule has 0 aliphatic carbocycles. The number of aromatic nitrogens is 2. The minimum atomic E-state index is -0.177. The fourth-order valence-corrected chi connectivity index (χ4v) is 3.83. The molecule has 22 heavy (non-hydrogen) atoms. The van der Waals surface area contributed by atoms with Crippen molar-refractivity contribution in [2.75, 3.05) is 31.1 Å². The summed E-state index contributed by atoms with van der Waals surface area (Å²) in [5, 5.41) is 0. The van der Waals surface area contributed by atoms with Crippen molar-refractivity contribution in [3.63, 3.8) is 0 Å². The van der Waals surface area contributed by atoms with E-state index in [2.05, 4.69) is 28.7 Å². The quantitative estimate of drug-likeness (QED) is 0.783. The standard InChI is InChI=1S/C17H26N4O/c1-3-14(4-2)11-20-10-5-7-17(12-20)13-21(15(17)22)16-18-8-6-9-19-16/h6,8-9,14H,3-5,7,10-13H2,1-2H3/t17-/m0/s1. The zero-order chi connectivity index (χ0) is 15.6. The first kappa shape index (κ1) is 15.4. The number of hydrogen-bond acceptors (Lipinski definition) is 4. The summed E-state index contributed by atoms with van der Waals surface area (Å²) >= 11 is 0. The van der Waals surface area contributed by atoms with Gasteiger partial charge in [0.2, 0.25) is 11.9 Å². The number of hydrogen-bond donors (Lipinski definition) is 0. The van der Waals surface area contributed by atoms with E-state index in [1.165, 1.54) is 12.8 Å². The Morgan fingerprint density at radius 2 is 1.95 bits per heavy atom. The summed E-state index contributed by atoms with van der Waals surface area (Å²) in [6.45, 7) is 8.46. The van der Waals surface area contributed by atoms with Gasteiger partial charge in [-0.05, 0) is 31.4 Å². The molecule has 5 heteroatoms. The SMILES string of the molecule is CCC(CC)CN1CCC[C@]2(C1)CN(c1ncccn1)C2=O. The van der Waals surface area contributed by atoms with Crippen molar-refractivity contribution < 1.29 is 4.79 Å². The zero-order valence-electron chi connectivity index (χ0n) is 13.7. The molecule has 5 nitrogen and oxygen atoms in total. The highest BCUT2D eigenvalue weighted by Gasteiger charge is 2.55. The maximum atomic E-state index is 12.7. The molecule has 0 aromatic carbocycles. The molecule has 1 aromatic heterocycles. The molecular weight excluding hydrogens is 276 g/mol. The van der Waals surface area contributed by atoms with E-state index in [0.717, 1.165) is 44.9 Å². The minimum Gasteiger partial charge on any atom is -0.302 e. The van der Waals surface area contributed by atoms with Gasteiger partial charge in [-0.1, -0.05) is 26.7 Å². The Kier molecular flexibility index (Phi) is 4.43. The van der Waals surface area contributed by atoms with Gasteiger partial charge in [-0.3, -0.25) is 9.69 Å². The number of amides is 1. The highest BCUT2D eigenvalue weighted by Crippen LogP contribution is 2.41. The van der Waals surface area contributed by atoms with Gasteiger partial charge in [0.15, 0.2) is 0 Å². The number of nitrogens with zero attached hydrogens (tertiary/aromatic N) is 4. The van der Waals surface area contributed by atoms with Crippen molar-refractivity contribution in [2.45, 2.75) is 39.5 Å². The van der Waals surface area contributed by atoms with Crippen LogP contribution in [0, 0.1) is 11.3 Å². The Morgan fingerprint density at radius 3 is 2.59 bits per heavy atom. The maximum absolute atomic E-state index is 12.7. The molecule has 0 bridgehead atoms. The van der Waals surface area contributed by atoms with Gasteiger partial charge in [-0.2, -0.15) is 0 Å². The molecule has 1 amide bonds. The van der Waals surface area contributed by atoms with E-state index in [9.17, 15) is 4.79 Å². The van der Waals surface area contributed by atoms with Crippen molar-refractivity contribution in [1.29, 1.82) is 0 Å². The van der Waals surface area contributed by atoms with Gasteiger partial charge in [0.05, 0.1) is 5.41 Å². The van der Waals surface area contributed by atoms with Crippen LogP contribution in [0.15, 0.2) is 18.5 Å². The Balaban J connectivity index is 1.64. The smallest absolute Gasteiger partial charge is 0.238 e. The Hall–Kier alpha value is -1.49. The van der Waals surface area contributed by atoms with Crippen LogP contribution >= 0.6 is 0 Å². The number of likely N-dealkylation sites (tertiary alicyclic amines) is 1. The highest BCUT2D eigenvalue weighted by atomic mass is 16.2. The highest BCUT2D eigenvalue weighted by molar-refractivity contribution is 6.03. The van der Waals surface area contributed by atoms with E-state index in [1.807, 2.05) is 0 Å². The van der Waals surface area contributed by atoms with Crippen molar-refractivity contribution in [3.8, 4) is 0 Å². The maximum Gasteiger partial charge on any atom is 0.238 e. The third kappa shape index (κ3) is 2.74. The van der Waals surface area contributed by atoms with Gasteiger partial charge < -0.3 is 4.90 Å². The van der Waals surface area contributed by atoms with Gasteiger partial charge in [0, 0.05) is 32.0 Å². The average molecular weight is 302 g/mol. The molecule has 2 aliphatic rings. The second-order valence-electron chi connectivity index (χ2n) is 6.74. The summed E-state index contributed by atoms with van der Waals surface area (Å²) in [5.74, 6) is 1.52. The van der Waals surface area contributed by atoms with Crippen LogP contribution in [0.5, 0.6) is 0 Å². The third-order valence-electron chi connectivity index (χ3n) is 5.28. The van der Waals surface area contributed by atoms with Crippen LogP contribution in [0.3, 0.4) is 0 Å². The van der Waals surface area contributed by atoms with Crippen molar-refractivity contribution in [2.24, 2.45) is 11.3 Å². The molecule has 1 aromatic rings. The van der Waals surface area contributed by atoms with Gasteiger partial charge in [-0.15, -0.1) is 0 Å². The lowest BCUT2D eigenvalue weighted by Gasteiger charge is -2.52. The van der Waals surface area contributed by atoms with Crippen molar-refractivity contribution >= 4 is 11.9 Å². The topological polar surface area (TPSA) is 49.3 Å². The monoisotopic (exact) mass is 302 g/mol. The molecular formula is C17H26N4O. The third-order valence-corrected chi connectivity index (χ3v) is 5.28. The van der Waals surface area contributed by atoms with E-state index >= 15 is 0 Å². The van der Waals surface area contributed by atoms with Crippen LogP contribution in [0.4, 0.5) is 5.95 Å². The van der Waals surface area contributed by atoms with Gasteiger partial charge in [0.1, 0.15) is 0 Å². The van der Waals surface area contributed by atoms with Crippen LogP contribution in [-0.4, -0.2) is 47.0 Å². The zero-order valence-corrected chi connectivity index (χ0v) is 13.7. The minimum absolute atomic E-state index is 0.177. The van der Waals surface area contributed by atoms with Crippen LogP contribution in [0.25, 0.3) is 0 Å². The molecule has 1 spiro atoms. The van der Waals surface area contributed by atoms with Gasteiger partial charge in [0.25, 0.3) is 0 Å². The predicted octanol–water partition coefficient (Wildman–Crippen LogP) is 2.34. The number of β-lactam (4-membered cyclic amide) rings is 1. The number of anilines is 1. The van der Waals surface area contributed by atoms with Crippen molar-refractivity contribution in [3.05, 3.63) is 18.5 Å². The lowest BCUT2D eigenvalue weighted by Crippen LogP contribution is -2.67. The van der Waals surface area contributed by atoms with E-state index in [0.29, 0.717) is 5.95 Å². The lowest BCUT2D eigenvalue weighted by molar-refractivity contribution is -0.139. The second-order valence-corrected chi connectivity index (χ2v) is 6.74. The Bertz CT molecular complexity index is 517. The summed E-state index contributed by atoms with van der Waals surface area (Å²) in [6, 6.07) is 1.78. The molecule has 2 fully saturated rings. The van der Waals surface area contributed by atoms with Crippen LogP contribution in [-0.2, 0) is 4.79 Å². The lowest BCUT2D eigenvalue weighted by atomic mass is 9.72. The van der Waals surface area contributed by atoms with Crippen LogP contribution in [0.2, 0.25) is 0 Å². The predicted molar refractivity (Wildman–Crippen MR) is 86.6 cm³/mol. The first-order valence-electron chi connectivity index (χ1n) is 8.50. The van der Waals surface area contributed by atoms with Gasteiger partial charge in [-0.25, -0.2) is 9.97 Å². The second kappa shape index (κ2) is 6.32. The molecule has 3 heterocycles. The molecule has 0 radical (unpaired) electrons. The number of carbonyl (C=O) groups is 1. The fourth-order valence-electron chi connectivity index (χ4n) is 3.83. The molecule has 0 saturated carbocycles. The summed E-state index contributed by atoms with van der Waals surface area (Å²) in [7, 11) is 0. The van der Waals surface area contributed by atoms with E-state index < -0.39 is 0 Å². The summed E-state index contributed by atoms with van der Waals surface area (Å²) in [5.41, 5.74) is -0.177. The molecule has 2 saturated heterocycles. The van der Waals surface area contributed by atoms with E-state index in [4.69, 9.17) is 0 Å². The number of piperidine rings is 1. The molecule has 0 unspecified atom stereocenters.